The van der Waals surface area contributed by atoms with Crippen LogP contribution in [-0.2, 0) is 5.41 Å². The van der Waals surface area contributed by atoms with Crippen LogP contribution in [-0.4, -0.2) is 25.1 Å². The van der Waals surface area contributed by atoms with Crippen molar-refractivity contribution in [1.29, 1.82) is 0 Å². The molecule has 0 unspecified atom stereocenters. The van der Waals surface area contributed by atoms with Crippen molar-refractivity contribution in [3.8, 4) is 22.6 Å². The average molecular weight is 457 g/mol. The first-order valence-electron chi connectivity index (χ1n) is 11.2. The van der Waals surface area contributed by atoms with Crippen LogP contribution in [0.4, 0.5) is 8.78 Å². The Morgan fingerprint density at radius 1 is 1.06 bits per heavy atom. The Hall–Kier alpha value is -3.81. The second kappa shape index (κ2) is 7.09. The molecule has 2 bridgehead atoms. The van der Waals surface area contributed by atoms with E-state index < -0.39 is 17.0 Å². The van der Waals surface area contributed by atoms with E-state index in [1.54, 1.807) is 24.5 Å². The fourth-order valence-electron chi connectivity index (χ4n) is 6.08. The quantitative estimate of drug-likeness (QED) is 0.479. The molecule has 4 aromatic rings. The topological polar surface area (TPSA) is 84.4 Å². The zero-order valence-electron chi connectivity index (χ0n) is 18.6. The summed E-state index contributed by atoms with van der Waals surface area (Å²) in [5.74, 6) is -0.720. The van der Waals surface area contributed by atoms with Gasteiger partial charge in [0.1, 0.15) is 11.6 Å². The number of nitrogens with zero attached hydrogens (tertiary/aromatic N) is 4. The molecular weight excluding hydrogens is 436 g/mol. The molecule has 6 rings (SSSR count). The van der Waals surface area contributed by atoms with E-state index in [1.807, 2.05) is 6.07 Å². The van der Waals surface area contributed by atoms with Gasteiger partial charge in [-0.15, -0.1) is 5.10 Å². The Bertz CT molecular complexity index is 1500. The first-order valence-corrected chi connectivity index (χ1v) is 11.2. The van der Waals surface area contributed by atoms with Crippen LogP contribution in [0.5, 0.6) is 0 Å². The summed E-state index contributed by atoms with van der Waals surface area (Å²) in [7, 11) is 0. The minimum Gasteiger partial charge on any atom is -0.329 e. The van der Waals surface area contributed by atoms with E-state index in [4.69, 9.17) is 4.98 Å². The fraction of sp³-hybridized carbons (Fsp3) is 0.269. The molecule has 1 N–H and O–H groups in total. The van der Waals surface area contributed by atoms with Crippen molar-refractivity contribution in [3.05, 3.63) is 93.8 Å². The maximum absolute atomic E-state index is 14.5. The highest BCUT2D eigenvalue weighted by molar-refractivity contribution is 5.64. The molecular formula is C26H21F2N5O. The van der Waals surface area contributed by atoms with Crippen LogP contribution in [0.15, 0.2) is 59.7 Å². The van der Waals surface area contributed by atoms with Crippen LogP contribution in [0.3, 0.4) is 0 Å². The molecule has 2 aliphatic rings. The molecule has 3 heterocycles. The first-order chi connectivity index (χ1) is 16.3. The maximum Gasteiger partial charge on any atom is 0.248 e. The van der Waals surface area contributed by atoms with Gasteiger partial charge in [0.15, 0.2) is 5.82 Å². The normalized spacial score (nSPS) is 22.1. The molecule has 0 amide bonds. The standard InChI is InChI=1S/C26H21F2N5O/c1-25(2)16-6-9-26(25,20-8-11-30-24(31-20)14-7-10-29-21(34)12-14)23-15(16)13-19(32-33-23)22-17(27)4-3-5-18(22)28/h3-5,7-8,10-13,16H,6,9H2,1-2H3,(H,29,34)/t16-,26-/m0/s1. The summed E-state index contributed by atoms with van der Waals surface area (Å²) in [6, 6.07) is 10.7. The van der Waals surface area contributed by atoms with E-state index >= 15 is 0 Å². The summed E-state index contributed by atoms with van der Waals surface area (Å²) >= 11 is 0. The molecule has 0 aliphatic heterocycles. The fourth-order valence-corrected chi connectivity index (χ4v) is 6.08. The van der Waals surface area contributed by atoms with Gasteiger partial charge in [-0.05, 0) is 60.1 Å². The predicted molar refractivity (Wildman–Crippen MR) is 122 cm³/mol. The molecule has 3 aromatic heterocycles. The van der Waals surface area contributed by atoms with Gasteiger partial charge in [0, 0.05) is 24.0 Å². The van der Waals surface area contributed by atoms with Gasteiger partial charge in [0.25, 0.3) is 0 Å². The third-order valence-corrected chi connectivity index (χ3v) is 7.73. The molecule has 0 radical (unpaired) electrons. The van der Waals surface area contributed by atoms with Crippen molar-refractivity contribution in [1.82, 2.24) is 25.1 Å². The van der Waals surface area contributed by atoms with E-state index in [-0.39, 0.29) is 28.1 Å². The first kappa shape index (κ1) is 20.8. The van der Waals surface area contributed by atoms with Gasteiger partial charge in [-0.3, -0.25) is 4.79 Å². The number of H-pyrrole nitrogens is 1. The summed E-state index contributed by atoms with van der Waals surface area (Å²) in [6.07, 6.45) is 4.99. The number of hydrogen-bond acceptors (Lipinski definition) is 5. The summed E-state index contributed by atoms with van der Waals surface area (Å²) in [5, 5.41) is 8.83. The number of aromatic nitrogens is 5. The van der Waals surface area contributed by atoms with E-state index in [0.717, 1.165) is 29.8 Å². The van der Waals surface area contributed by atoms with Gasteiger partial charge in [-0.2, -0.15) is 5.10 Å². The summed E-state index contributed by atoms with van der Waals surface area (Å²) in [6.45, 7) is 4.37. The van der Waals surface area contributed by atoms with Gasteiger partial charge in [0.05, 0.1) is 28.1 Å². The lowest BCUT2D eigenvalue weighted by Gasteiger charge is -2.37. The summed E-state index contributed by atoms with van der Waals surface area (Å²) < 4.78 is 28.9. The lowest BCUT2D eigenvalue weighted by molar-refractivity contribution is 0.243. The predicted octanol–water partition coefficient (Wildman–Crippen LogP) is 4.77. The number of pyridine rings is 1. The zero-order chi connectivity index (χ0) is 23.7. The zero-order valence-corrected chi connectivity index (χ0v) is 18.6. The molecule has 170 valence electrons. The smallest absolute Gasteiger partial charge is 0.248 e. The Balaban J connectivity index is 1.53. The molecule has 1 saturated carbocycles. The average Bonchev–Trinajstić information content (AvgIpc) is 3.20. The van der Waals surface area contributed by atoms with Crippen molar-refractivity contribution in [2.75, 3.05) is 0 Å². The molecule has 0 saturated heterocycles. The Morgan fingerprint density at radius 2 is 1.85 bits per heavy atom. The summed E-state index contributed by atoms with van der Waals surface area (Å²) in [4.78, 5) is 23.7. The van der Waals surface area contributed by atoms with Crippen LogP contribution in [0.2, 0.25) is 0 Å². The maximum atomic E-state index is 14.5. The van der Waals surface area contributed by atoms with Crippen LogP contribution in [0.1, 0.15) is 49.6 Å². The SMILES string of the molecule is CC1(C)[C@H]2CC[C@]1(c1ccnc(-c3cc[nH]c(=O)c3)n1)c1nnc(-c3c(F)cccc3F)cc12. The van der Waals surface area contributed by atoms with Crippen LogP contribution < -0.4 is 5.56 Å². The number of benzene rings is 1. The second-order valence-corrected chi connectivity index (χ2v) is 9.56. The Kier molecular flexibility index (Phi) is 4.33. The number of hydrogen-bond donors (Lipinski definition) is 1. The van der Waals surface area contributed by atoms with Crippen molar-refractivity contribution < 1.29 is 8.78 Å². The van der Waals surface area contributed by atoms with Crippen molar-refractivity contribution in [2.24, 2.45) is 5.41 Å². The monoisotopic (exact) mass is 457 g/mol. The molecule has 8 heteroatoms. The highest BCUT2D eigenvalue weighted by Crippen LogP contribution is 2.69. The molecule has 1 aromatic carbocycles. The molecule has 2 atom stereocenters. The number of rotatable bonds is 3. The van der Waals surface area contributed by atoms with E-state index in [9.17, 15) is 13.6 Å². The molecule has 2 aliphatic carbocycles. The van der Waals surface area contributed by atoms with Crippen LogP contribution >= 0.6 is 0 Å². The minimum absolute atomic E-state index is 0.143. The van der Waals surface area contributed by atoms with E-state index in [0.29, 0.717) is 11.4 Å². The summed E-state index contributed by atoms with van der Waals surface area (Å²) in [5.41, 5.74) is 2.22. The van der Waals surface area contributed by atoms with Gasteiger partial charge in [0.2, 0.25) is 5.56 Å². The Labute approximate surface area is 194 Å². The van der Waals surface area contributed by atoms with Crippen molar-refractivity contribution >= 4 is 0 Å². The largest absolute Gasteiger partial charge is 0.329 e. The highest BCUT2D eigenvalue weighted by atomic mass is 19.1. The number of fused-ring (bicyclic) bond motifs is 5. The number of nitrogens with one attached hydrogen (secondary N) is 1. The number of aromatic amines is 1. The molecule has 6 nitrogen and oxygen atoms in total. The number of halogens is 2. The molecule has 0 spiro atoms. The molecule has 34 heavy (non-hydrogen) atoms. The highest BCUT2D eigenvalue weighted by Gasteiger charge is 2.65. The second-order valence-electron chi connectivity index (χ2n) is 9.56. The van der Waals surface area contributed by atoms with Gasteiger partial charge < -0.3 is 4.98 Å². The van der Waals surface area contributed by atoms with Crippen LogP contribution in [0, 0.1) is 17.0 Å². The van der Waals surface area contributed by atoms with Crippen molar-refractivity contribution in [2.45, 2.75) is 38.0 Å². The minimum atomic E-state index is -0.662. The van der Waals surface area contributed by atoms with Gasteiger partial charge in [-0.1, -0.05) is 19.9 Å². The van der Waals surface area contributed by atoms with Gasteiger partial charge in [-0.25, -0.2) is 18.7 Å². The lowest BCUT2D eigenvalue weighted by Crippen LogP contribution is -2.38. The molecule has 1 fully saturated rings. The van der Waals surface area contributed by atoms with Crippen molar-refractivity contribution in [3.63, 3.8) is 0 Å². The van der Waals surface area contributed by atoms with Gasteiger partial charge >= 0.3 is 0 Å². The van der Waals surface area contributed by atoms with E-state index in [1.165, 1.54) is 24.3 Å². The third-order valence-electron chi connectivity index (χ3n) is 7.73. The third kappa shape index (κ3) is 2.68. The van der Waals surface area contributed by atoms with E-state index in [2.05, 4.69) is 34.0 Å². The Morgan fingerprint density at radius 3 is 2.62 bits per heavy atom. The van der Waals surface area contributed by atoms with Crippen LogP contribution in [0.25, 0.3) is 22.6 Å². The lowest BCUT2D eigenvalue weighted by atomic mass is 9.66.